The Balaban J connectivity index is 2.45. The zero-order valence-electron chi connectivity index (χ0n) is 7.26. The van der Waals surface area contributed by atoms with Gasteiger partial charge in [-0.25, -0.2) is 0 Å². The molecule has 0 aromatic rings. The first-order chi connectivity index (χ1) is 5.17. The molecule has 0 aromatic carbocycles. The maximum atomic E-state index is 9.82. The predicted molar refractivity (Wildman–Crippen MR) is 43.0 cm³/mol. The summed E-state index contributed by atoms with van der Waals surface area (Å²) >= 11 is 0. The molecule has 66 valence electrons. The van der Waals surface area contributed by atoms with Crippen molar-refractivity contribution in [3.05, 3.63) is 0 Å². The van der Waals surface area contributed by atoms with Crippen LogP contribution in [0.25, 0.3) is 0 Å². The Morgan fingerprint density at radius 1 is 1.55 bits per heavy atom. The van der Waals surface area contributed by atoms with E-state index in [0.717, 1.165) is 19.3 Å². The summed E-state index contributed by atoms with van der Waals surface area (Å²) in [4.78, 5) is 4.81. The van der Waals surface area contributed by atoms with E-state index in [0.29, 0.717) is 0 Å². The molecule has 0 heterocycles. The summed E-state index contributed by atoms with van der Waals surface area (Å²) in [5.74, 6) is 0. The lowest BCUT2D eigenvalue weighted by Crippen LogP contribution is -2.50. The fourth-order valence-electron chi connectivity index (χ4n) is 1.64. The first-order valence-corrected chi connectivity index (χ1v) is 4.18. The molecule has 0 unspecified atom stereocenters. The highest BCUT2D eigenvalue weighted by Gasteiger charge is 2.34. The molecule has 0 spiro atoms. The van der Waals surface area contributed by atoms with E-state index < -0.39 is 5.60 Å². The Labute approximate surface area is 67.7 Å². The van der Waals surface area contributed by atoms with E-state index >= 15 is 0 Å². The smallest absolute Gasteiger partial charge is 0.0794 e. The second-order valence-electron chi connectivity index (χ2n) is 3.48. The van der Waals surface area contributed by atoms with Crippen LogP contribution in [0.15, 0.2) is 0 Å². The van der Waals surface area contributed by atoms with Crippen molar-refractivity contribution in [1.82, 2.24) is 5.48 Å². The molecule has 3 nitrogen and oxygen atoms in total. The summed E-state index contributed by atoms with van der Waals surface area (Å²) in [6.07, 6.45) is 4.17. The minimum absolute atomic E-state index is 0.0984. The average molecular weight is 159 g/mol. The van der Waals surface area contributed by atoms with Gasteiger partial charge in [0.2, 0.25) is 0 Å². The third-order valence-corrected chi connectivity index (χ3v) is 2.44. The molecular weight excluding hydrogens is 142 g/mol. The van der Waals surface area contributed by atoms with Gasteiger partial charge in [0.05, 0.1) is 18.8 Å². The Bertz CT molecular complexity index is 123. The largest absolute Gasteiger partial charge is 0.388 e. The second kappa shape index (κ2) is 3.52. The van der Waals surface area contributed by atoms with Crippen LogP contribution in [-0.4, -0.2) is 23.9 Å². The second-order valence-corrected chi connectivity index (χ2v) is 3.48. The molecule has 1 saturated carbocycles. The summed E-state index contributed by atoms with van der Waals surface area (Å²) in [7, 11) is 1.59. The lowest BCUT2D eigenvalue weighted by molar-refractivity contribution is -0.0693. The van der Waals surface area contributed by atoms with Crippen molar-refractivity contribution >= 4 is 0 Å². The van der Waals surface area contributed by atoms with Crippen molar-refractivity contribution in [2.45, 2.75) is 44.2 Å². The highest BCUT2D eigenvalue weighted by molar-refractivity contribution is 4.89. The number of rotatable bonds is 2. The van der Waals surface area contributed by atoms with Crippen LogP contribution in [0.2, 0.25) is 0 Å². The normalized spacial score (nSPS) is 39.0. The van der Waals surface area contributed by atoms with E-state index in [2.05, 4.69) is 5.48 Å². The van der Waals surface area contributed by atoms with Crippen molar-refractivity contribution in [3.8, 4) is 0 Å². The first kappa shape index (κ1) is 8.97. The molecule has 1 fully saturated rings. The number of aliphatic hydroxyl groups is 1. The van der Waals surface area contributed by atoms with Crippen LogP contribution in [0.1, 0.15) is 32.6 Å². The third-order valence-electron chi connectivity index (χ3n) is 2.44. The van der Waals surface area contributed by atoms with Crippen LogP contribution < -0.4 is 5.48 Å². The van der Waals surface area contributed by atoms with Gasteiger partial charge in [0.1, 0.15) is 0 Å². The summed E-state index contributed by atoms with van der Waals surface area (Å²) in [6.45, 7) is 1.86. The van der Waals surface area contributed by atoms with Crippen LogP contribution in [0.5, 0.6) is 0 Å². The minimum Gasteiger partial charge on any atom is -0.388 e. The van der Waals surface area contributed by atoms with Crippen LogP contribution in [0, 0.1) is 0 Å². The lowest BCUT2D eigenvalue weighted by Gasteiger charge is -2.36. The van der Waals surface area contributed by atoms with E-state index in [1.54, 1.807) is 7.11 Å². The van der Waals surface area contributed by atoms with Crippen molar-refractivity contribution in [3.63, 3.8) is 0 Å². The summed E-state index contributed by atoms with van der Waals surface area (Å²) in [5.41, 5.74) is 2.24. The van der Waals surface area contributed by atoms with Crippen molar-refractivity contribution in [2.75, 3.05) is 7.11 Å². The third kappa shape index (κ3) is 2.15. The van der Waals surface area contributed by atoms with Crippen LogP contribution >= 0.6 is 0 Å². The molecule has 2 N–H and O–H groups in total. The number of hydroxylamine groups is 1. The Hall–Kier alpha value is -0.120. The average Bonchev–Trinajstić information content (AvgIpc) is 1.94. The summed E-state index contributed by atoms with van der Waals surface area (Å²) in [5, 5.41) is 9.82. The standard InChI is InChI=1S/C8H17NO2/c1-8(10)6-4-3-5-7(8)9-11-2/h7,9-10H,3-6H2,1-2H3/t7-,8-/m1/s1. The Kier molecular flexibility index (Phi) is 2.87. The van der Waals surface area contributed by atoms with Gasteiger partial charge in [-0.1, -0.05) is 12.8 Å². The number of hydrogen-bond donors (Lipinski definition) is 2. The summed E-state index contributed by atoms with van der Waals surface area (Å²) < 4.78 is 0. The molecule has 1 aliphatic carbocycles. The molecule has 1 rings (SSSR count). The molecule has 0 aromatic heterocycles. The van der Waals surface area contributed by atoms with Crippen molar-refractivity contribution < 1.29 is 9.94 Å². The fraction of sp³-hybridized carbons (Fsp3) is 1.00. The first-order valence-electron chi connectivity index (χ1n) is 4.18. The van der Waals surface area contributed by atoms with Gasteiger partial charge < -0.3 is 9.94 Å². The predicted octanol–water partition coefficient (Wildman–Crippen LogP) is 0.831. The van der Waals surface area contributed by atoms with Gasteiger partial charge in [-0.2, -0.15) is 5.48 Å². The minimum atomic E-state index is -0.589. The van der Waals surface area contributed by atoms with Gasteiger partial charge in [0.25, 0.3) is 0 Å². The molecule has 2 atom stereocenters. The molecule has 0 aliphatic heterocycles. The highest BCUT2D eigenvalue weighted by Crippen LogP contribution is 2.27. The van der Waals surface area contributed by atoms with Gasteiger partial charge in [-0.05, 0) is 19.8 Å². The molecular formula is C8H17NO2. The Morgan fingerprint density at radius 3 is 2.82 bits per heavy atom. The van der Waals surface area contributed by atoms with E-state index in [9.17, 15) is 5.11 Å². The van der Waals surface area contributed by atoms with Crippen molar-refractivity contribution in [2.24, 2.45) is 0 Å². The van der Waals surface area contributed by atoms with Gasteiger partial charge in [0.15, 0.2) is 0 Å². The summed E-state index contributed by atoms with van der Waals surface area (Å²) in [6, 6.07) is 0.0984. The van der Waals surface area contributed by atoms with E-state index in [-0.39, 0.29) is 6.04 Å². The van der Waals surface area contributed by atoms with Crippen LogP contribution in [-0.2, 0) is 4.84 Å². The topological polar surface area (TPSA) is 41.5 Å². The molecule has 0 saturated heterocycles. The van der Waals surface area contributed by atoms with E-state index in [4.69, 9.17) is 4.84 Å². The molecule has 3 heteroatoms. The van der Waals surface area contributed by atoms with Gasteiger partial charge >= 0.3 is 0 Å². The van der Waals surface area contributed by atoms with Crippen molar-refractivity contribution in [1.29, 1.82) is 0 Å². The monoisotopic (exact) mass is 159 g/mol. The van der Waals surface area contributed by atoms with Crippen LogP contribution in [0.4, 0.5) is 0 Å². The molecule has 0 radical (unpaired) electrons. The lowest BCUT2D eigenvalue weighted by atomic mass is 9.82. The number of nitrogens with one attached hydrogen (secondary N) is 1. The number of hydrogen-bond acceptors (Lipinski definition) is 3. The van der Waals surface area contributed by atoms with E-state index in [1.165, 1.54) is 6.42 Å². The highest BCUT2D eigenvalue weighted by atomic mass is 16.6. The zero-order valence-corrected chi connectivity index (χ0v) is 7.26. The van der Waals surface area contributed by atoms with Gasteiger partial charge in [-0.15, -0.1) is 0 Å². The fourth-order valence-corrected chi connectivity index (χ4v) is 1.64. The maximum Gasteiger partial charge on any atom is 0.0794 e. The van der Waals surface area contributed by atoms with E-state index in [1.807, 2.05) is 6.92 Å². The Morgan fingerprint density at radius 2 is 2.27 bits per heavy atom. The maximum absolute atomic E-state index is 9.82. The quantitative estimate of drug-likeness (QED) is 0.586. The SMILES string of the molecule is CON[C@@H]1CCCC[C@@]1(C)O. The van der Waals surface area contributed by atoms with Crippen LogP contribution in [0.3, 0.4) is 0 Å². The van der Waals surface area contributed by atoms with Gasteiger partial charge in [0, 0.05) is 0 Å². The molecule has 1 aliphatic rings. The van der Waals surface area contributed by atoms with Gasteiger partial charge in [-0.3, -0.25) is 0 Å². The molecule has 0 amide bonds. The molecule has 0 bridgehead atoms. The zero-order chi connectivity index (χ0) is 8.32. The molecule has 11 heavy (non-hydrogen) atoms.